The van der Waals surface area contributed by atoms with E-state index < -0.39 is 5.97 Å². The topological polar surface area (TPSA) is 37.3 Å². The number of carboxylic acids is 1. The number of carbonyl (C=O) groups is 1. The van der Waals surface area contributed by atoms with E-state index in [2.05, 4.69) is 81.4 Å². The fraction of sp³-hybridized carbons (Fsp3) is 0.682. The average molecular weight is 335 g/mol. The number of aliphatic carboxylic acids is 1. The number of aryl methyl sites for hydroxylation is 1. The van der Waals surface area contributed by atoms with Crippen molar-refractivity contribution in [2.45, 2.75) is 92.9 Å². The van der Waals surface area contributed by atoms with E-state index in [-0.39, 0.29) is 17.3 Å². The predicted octanol–water partition coefficient (Wildman–Crippen LogP) is 6.27. The second kappa shape index (κ2) is 8.69. The minimum Gasteiger partial charge on any atom is -0.481 e. The lowest BCUT2D eigenvalue weighted by atomic mass is 9.75. The van der Waals surface area contributed by atoms with Crippen molar-refractivity contribution in [2.24, 2.45) is 5.92 Å². The Hall–Kier alpha value is -1.31. The maximum atomic E-state index is 10.8. The van der Waals surface area contributed by atoms with Crippen molar-refractivity contribution in [3.63, 3.8) is 0 Å². The van der Waals surface area contributed by atoms with Crippen LogP contribution in [0.1, 0.15) is 91.0 Å². The standard InChI is InChI=1S/C18H28O2.C4H10/c1-12-14(17(2,3)4)10-13(8-9-16(19)20)11-15(12)18(5,6)7;1-4(2)3/h10-11H,8-9H2,1-7H3,(H,19,20);4H,1-3H3. The van der Waals surface area contributed by atoms with Gasteiger partial charge in [-0.25, -0.2) is 0 Å². The summed E-state index contributed by atoms with van der Waals surface area (Å²) in [6, 6.07) is 4.38. The van der Waals surface area contributed by atoms with Gasteiger partial charge in [-0.15, -0.1) is 0 Å². The van der Waals surface area contributed by atoms with E-state index in [1.54, 1.807) is 0 Å². The van der Waals surface area contributed by atoms with E-state index in [1.165, 1.54) is 16.7 Å². The van der Waals surface area contributed by atoms with Gasteiger partial charge in [0.05, 0.1) is 0 Å². The van der Waals surface area contributed by atoms with Gasteiger partial charge >= 0.3 is 5.97 Å². The summed E-state index contributed by atoms with van der Waals surface area (Å²) in [4.78, 5) is 10.8. The van der Waals surface area contributed by atoms with Crippen LogP contribution in [0.3, 0.4) is 0 Å². The molecule has 2 heteroatoms. The highest BCUT2D eigenvalue weighted by Gasteiger charge is 2.24. The number of hydrogen-bond donors (Lipinski definition) is 1. The summed E-state index contributed by atoms with van der Waals surface area (Å²) in [6.45, 7) is 21.9. The minimum absolute atomic E-state index is 0.0727. The molecule has 0 unspecified atom stereocenters. The Bertz CT molecular complexity index is 502. The SMILES string of the molecule is CC(C)C.Cc1c(C(C)(C)C)cc(CCC(=O)O)cc1C(C)(C)C. The highest BCUT2D eigenvalue weighted by atomic mass is 16.4. The number of benzene rings is 1. The Kier molecular flexibility index (Phi) is 8.21. The molecule has 24 heavy (non-hydrogen) atoms. The van der Waals surface area contributed by atoms with Crippen LogP contribution in [-0.4, -0.2) is 11.1 Å². The van der Waals surface area contributed by atoms with Gasteiger partial charge in [-0.05, 0) is 52.3 Å². The van der Waals surface area contributed by atoms with Crippen molar-refractivity contribution in [1.29, 1.82) is 0 Å². The molecule has 0 atom stereocenters. The maximum Gasteiger partial charge on any atom is 0.303 e. The summed E-state index contributed by atoms with van der Waals surface area (Å²) in [5.74, 6) is 0.0974. The highest BCUT2D eigenvalue weighted by molar-refractivity contribution is 5.67. The molecule has 0 radical (unpaired) electrons. The summed E-state index contributed by atoms with van der Waals surface area (Å²) in [6.07, 6.45) is 0.790. The zero-order chi connectivity index (χ0) is 19.3. The maximum absolute atomic E-state index is 10.8. The number of rotatable bonds is 3. The lowest BCUT2D eigenvalue weighted by Crippen LogP contribution is -2.20. The van der Waals surface area contributed by atoms with Gasteiger partial charge in [0.15, 0.2) is 0 Å². The molecule has 0 spiro atoms. The molecule has 2 nitrogen and oxygen atoms in total. The molecule has 0 fully saturated rings. The number of hydrogen-bond acceptors (Lipinski definition) is 1. The smallest absolute Gasteiger partial charge is 0.303 e. The van der Waals surface area contributed by atoms with Gasteiger partial charge in [0.25, 0.3) is 0 Å². The van der Waals surface area contributed by atoms with Crippen LogP contribution in [0.4, 0.5) is 0 Å². The van der Waals surface area contributed by atoms with Crippen molar-refractivity contribution in [1.82, 2.24) is 0 Å². The van der Waals surface area contributed by atoms with Crippen LogP contribution in [0, 0.1) is 12.8 Å². The Morgan fingerprint density at radius 2 is 1.29 bits per heavy atom. The van der Waals surface area contributed by atoms with Crippen molar-refractivity contribution in [3.8, 4) is 0 Å². The number of carboxylic acid groups (broad SMARTS) is 1. The molecule has 0 aliphatic carbocycles. The molecule has 0 bridgehead atoms. The molecular weight excluding hydrogens is 296 g/mol. The molecule has 138 valence electrons. The van der Waals surface area contributed by atoms with Crippen LogP contribution < -0.4 is 0 Å². The summed E-state index contributed by atoms with van der Waals surface area (Å²) in [7, 11) is 0. The third-order valence-corrected chi connectivity index (χ3v) is 3.71. The molecule has 1 aromatic rings. The lowest BCUT2D eigenvalue weighted by Gasteiger charge is -2.29. The molecule has 0 saturated carbocycles. The first kappa shape index (κ1) is 22.7. The molecule has 0 heterocycles. The molecule has 0 aliphatic rings. The van der Waals surface area contributed by atoms with E-state index >= 15 is 0 Å². The molecular formula is C22H38O2. The van der Waals surface area contributed by atoms with Gasteiger partial charge in [0, 0.05) is 6.42 Å². The van der Waals surface area contributed by atoms with Crippen LogP contribution in [0.5, 0.6) is 0 Å². The fourth-order valence-electron chi connectivity index (χ4n) is 2.73. The first-order valence-electron chi connectivity index (χ1n) is 9.02. The highest BCUT2D eigenvalue weighted by Crippen LogP contribution is 2.34. The van der Waals surface area contributed by atoms with Gasteiger partial charge in [-0.1, -0.05) is 74.4 Å². The van der Waals surface area contributed by atoms with E-state index in [0.717, 1.165) is 11.5 Å². The molecule has 1 rings (SSSR count). The summed E-state index contributed by atoms with van der Waals surface area (Å²) in [5, 5.41) is 8.89. The fourth-order valence-corrected chi connectivity index (χ4v) is 2.73. The largest absolute Gasteiger partial charge is 0.481 e. The lowest BCUT2D eigenvalue weighted by molar-refractivity contribution is -0.136. The molecule has 0 saturated heterocycles. The van der Waals surface area contributed by atoms with Crippen molar-refractivity contribution >= 4 is 5.97 Å². The Morgan fingerprint density at radius 3 is 1.54 bits per heavy atom. The van der Waals surface area contributed by atoms with Gasteiger partial charge in [-0.2, -0.15) is 0 Å². The predicted molar refractivity (Wildman–Crippen MR) is 105 cm³/mol. The van der Waals surface area contributed by atoms with Crippen molar-refractivity contribution in [2.75, 3.05) is 0 Å². The zero-order valence-electron chi connectivity index (χ0n) is 17.5. The van der Waals surface area contributed by atoms with Crippen LogP contribution >= 0.6 is 0 Å². The quantitative estimate of drug-likeness (QED) is 0.707. The minimum atomic E-state index is -0.736. The van der Waals surface area contributed by atoms with Crippen molar-refractivity contribution in [3.05, 3.63) is 34.4 Å². The summed E-state index contributed by atoms with van der Waals surface area (Å²) in [5.41, 5.74) is 5.26. The van der Waals surface area contributed by atoms with Gasteiger partial charge in [0.2, 0.25) is 0 Å². The normalized spacial score (nSPS) is 12.0. The summed E-state index contributed by atoms with van der Waals surface area (Å²) < 4.78 is 0. The molecule has 0 aromatic heterocycles. The van der Waals surface area contributed by atoms with E-state index in [0.29, 0.717) is 6.42 Å². The Balaban J connectivity index is 0.00000118. The van der Waals surface area contributed by atoms with Crippen molar-refractivity contribution < 1.29 is 9.90 Å². The van der Waals surface area contributed by atoms with Gasteiger partial charge in [0.1, 0.15) is 0 Å². The van der Waals surface area contributed by atoms with Crippen LogP contribution in [0.15, 0.2) is 12.1 Å². The first-order chi connectivity index (χ1) is 10.7. The van der Waals surface area contributed by atoms with Crippen LogP contribution in [0.25, 0.3) is 0 Å². The second-order valence-electron chi connectivity index (χ2n) is 9.44. The Labute approximate surface area is 149 Å². The van der Waals surface area contributed by atoms with E-state index in [1.807, 2.05) is 0 Å². The first-order valence-corrected chi connectivity index (χ1v) is 9.02. The average Bonchev–Trinajstić information content (AvgIpc) is 2.33. The second-order valence-corrected chi connectivity index (χ2v) is 9.44. The third-order valence-electron chi connectivity index (χ3n) is 3.71. The molecule has 0 amide bonds. The van der Waals surface area contributed by atoms with E-state index in [4.69, 9.17) is 5.11 Å². The third kappa shape index (κ3) is 7.99. The summed E-state index contributed by atoms with van der Waals surface area (Å²) >= 11 is 0. The molecule has 1 aromatic carbocycles. The van der Waals surface area contributed by atoms with Gasteiger partial charge in [-0.3, -0.25) is 4.79 Å². The molecule has 1 N–H and O–H groups in total. The monoisotopic (exact) mass is 334 g/mol. The van der Waals surface area contributed by atoms with Crippen LogP contribution in [0.2, 0.25) is 0 Å². The zero-order valence-corrected chi connectivity index (χ0v) is 17.5. The molecule has 0 aliphatic heterocycles. The Morgan fingerprint density at radius 1 is 0.958 bits per heavy atom. The van der Waals surface area contributed by atoms with E-state index in [9.17, 15) is 4.79 Å². The van der Waals surface area contributed by atoms with Crippen LogP contribution in [-0.2, 0) is 22.0 Å². The van der Waals surface area contributed by atoms with Gasteiger partial charge < -0.3 is 5.11 Å².